The summed E-state index contributed by atoms with van der Waals surface area (Å²) in [6.45, 7) is 0. The molecule has 0 spiro atoms. The molecule has 0 aromatic rings. The predicted octanol–water partition coefficient (Wildman–Crippen LogP) is 0.0801. The topological polar surface area (TPSA) is 78.1 Å². The van der Waals surface area contributed by atoms with Gasteiger partial charge >= 0.3 is 0 Å². The van der Waals surface area contributed by atoms with E-state index in [0.29, 0.717) is 5.70 Å². The molecule has 62 valence electrons. The Morgan fingerprint density at radius 1 is 1.30 bits per heavy atom. The fourth-order valence-corrected chi connectivity index (χ4v) is 0.589. The molecule has 0 atom stereocenters. The third-order valence-electron chi connectivity index (χ3n) is 1.54. The minimum Gasteiger partial charge on any atom is -0.403 e. The van der Waals surface area contributed by atoms with Crippen LogP contribution in [0.5, 0.6) is 0 Å². The normalized spacial score (nSPS) is 20.3. The van der Waals surface area contributed by atoms with Crippen molar-refractivity contribution in [2.24, 2.45) is 17.2 Å². The zero-order valence-corrected chi connectivity index (χ0v) is 7.17. The molecule has 0 amide bonds. The van der Waals surface area contributed by atoms with Crippen LogP contribution in [-0.4, -0.2) is 5.54 Å². The molecule has 0 saturated heterocycles. The molecule has 0 heterocycles. The smallest absolute Gasteiger partial charge is 0.0572 e. The first-order valence-electron chi connectivity index (χ1n) is 2.66. The molecule has 1 rings (SSSR count). The fraction of sp³-hybridized carbons (Fsp3) is 0.600. The second-order valence-corrected chi connectivity index (χ2v) is 2.28. The molecule has 0 radical (unpaired) electrons. The van der Waals surface area contributed by atoms with Crippen LogP contribution in [0.15, 0.2) is 11.9 Å². The number of hydrogen-bond acceptors (Lipinski definition) is 3. The van der Waals surface area contributed by atoms with Crippen molar-refractivity contribution in [3.63, 3.8) is 0 Å². The highest BCUT2D eigenvalue weighted by Crippen LogP contribution is 2.36. The van der Waals surface area contributed by atoms with E-state index in [-0.39, 0.29) is 30.4 Å². The van der Waals surface area contributed by atoms with E-state index >= 15 is 0 Å². The van der Waals surface area contributed by atoms with Gasteiger partial charge in [0.15, 0.2) is 0 Å². The molecule has 6 N–H and O–H groups in total. The Morgan fingerprint density at radius 2 is 1.70 bits per heavy atom. The van der Waals surface area contributed by atoms with Crippen molar-refractivity contribution in [1.29, 1.82) is 0 Å². The van der Waals surface area contributed by atoms with Gasteiger partial charge in [0.2, 0.25) is 0 Å². The van der Waals surface area contributed by atoms with E-state index in [2.05, 4.69) is 0 Å². The number of nitrogens with two attached hydrogens (primary N) is 3. The molecule has 0 aromatic carbocycles. The SMILES string of the molecule is Cl.Cl.N/C=C(\N)C1(N)CC1. The van der Waals surface area contributed by atoms with Gasteiger partial charge in [0.25, 0.3) is 0 Å². The lowest BCUT2D eigenvalue weighted by Gasteiger charge is -2.05. The van der Waals surface area contributed by atoms with Crippen molar-refractivity contribution < 1.29 is 0 Å². The largest absolute Gasteiger partial charge is 0.403 e. The zero-order chi connectivity index (χ0) is 6.20. The number of hydrogen-bond donors (Lipinski definition) is 3. The van der Waals surface area contributed by atoms with Crippen molar-refractivity contribution in [2.75, 3.05) is 0 Å². The van der Waals surface area contributed by atoms with Crippen LogP contribution in [0.2, 0.25) is 0 Å². The molecule has 1 fully saturated rings. The summed E-state index contributed by atoms with van der Waals surface area (Å²) < 4.78 is 0. The fourth-order valence-electron chi connectivity index (χ4n) is 0.589. The van der Waals surface area contributed by atoms with Gasteiger partial charge in [0.1, 0.15) is 0 Å². The summed E-state index contributed by atoms with van der Waals surface area (Å²) >= 11 is 0. The minimum atomic E-state index is -0.227. The van der Waals surface area contributed by atoms with E-state index in [1.165, 1.54) is 6.20 Å². The molecule has 3 nitrogen and oxygen atoms in total. The van der Waals surface area contributed by atoms with Crippen LogP contribution in [0, 0.1) is 0 Å². The number of rotatable bonds is 1. The molecule has 0 bridgehead atoms. The van der Waals surface area contributed by atoms with Gasteiger partial charge in [-0.15, -0.1) is 24.8 Å². The molecule has 0 aromatic heterocycles. The molecule has 10 heavy (non-hydrogen) atoms. The molecule has 1 saturated carbocycles. The van der Waals surface area contributed by atoms with Gasteiger partial charge in [-0.3, -0.25) is 0 Å². The van der Waals surface area contributed by atoms with E-state index in [4.69, 9.17) is 17.2 Å². The van der Waals surface area contributed by atoms with Gasteiger partial charge in [-0.05, 0) is 12.8 Å². The molecule has 5 heteroatoms. The Kier molecular flexibility index (Phi) is 4.90. The maximum Gasteiger partial charge on any atom is 0.0572 e. The lowest BCUT2D eigenvalue weighted by atomic mass is 10.2. The summed E-state index contributed by atoms with van der Waals surface area (Å²) in [5.41, 5.74) is 16.6. The third-order valence-corrected chi connectivity index (χ3v) is 1.54. The van der Waals surface area contributed by atoms with Crippen LogP contribution in [0.1, 0.15) is 12.8 Å². The Balaban J connectivity index is 0. The molecule has 0 unspecified atom stereocenters. The summed E-state index contributed by atoms with van der Waals surface area (Å²) in [4.78, 5) is 0. The number of halogens is 2. The Labute approximate surface area is 72.8 Å². The minimum absolute atomic E-state index is 0. The lowest BCUT2D eigenvalue weighted by molar-refractivity contribution is 0.777. The summed E-state index contributed by atoms with van der Waals surface area (Å²) in [7, 11) is 0. The van der Waals surface area contributed by atoms with Crippen LogP contribution < -0.4 is 17.2 Å². The van der Waals surface area contributed by atoms with E-state index in [0.717, 1.165) is 12.8 Å². The van der Waals surface area contributed by atoms with Crippen molar-refractivity contribution in [3.8, 4) is 0 Å². The van der Waals surface area contributed by atoms with Crippen molar-refractivity contribution in [1.82, 2.24) is 0 Å². The predicted molar refractivity (Wildman–Crippen MR) is 47.1 cm³/mol. The van der Waals surface area contributed by atoms with E-state index in [1.807, 2.05) is 0 Å². The van der Waals surface area contributed by atoms with Crippen LogP contribution in [-0.2, 0) is 0 Å². The van der Waals surface area contributed by atoms with Gasteiger partial charge in [-0.2, -0.15) is 0 Å². The standard InChI is InChI=1S/C5H11N3.2ClH/c6-3-4(7)5(8)1-2-5;;/h3H,1-2,6-8H2;2*1H/b4-3-;;. The average Bonchev–Trinajstić information content (AvgIpc) is 2.47. The molecule has 0 aliphatic heterocycles. The van der Waals surface area contributed by atoms with Crippen molar-refractivity contribution in [2.45, 2.75) is 18.4 Å². The van der Waals surface area contributed by atoms with E-state index in [1.54, 1.807) is 0 Å². The van der Waals surface area contributed by atoms with E-state index in [9.17, 15) is 0 Å². The first kappa shape index (κ1) is 12.5. The Morgan fingerprint density at radius 3 is 1.80 bits per heavy atom. The monoisotopic (exact) mass is 185 g/mol. The summed E-state index contributed by atoms with van der Waals surface area (Å²) in [5.74, 6) is 0. The highest BCUT2D eigenvalue weighted by atomic mass is 35.5. The van der Waals surface area contributed by atoms with Gasteiger partial charge in [-0.25, -0.2) is 0 Å². The first-order chi connectivity index (χ1) is 3.69. The summed E-state index contributed by atoms with van der Waals surface area (Å²) in [6.07, 6.45) is 3.34. The van der Waals surface area contributed by atoms with Gasteiger partial charge in [-0.1, -0.05) is 0 Å². The first-order valence-corrected chi connectivity index (χ1v) is 2.66. The van der Waals surface area contributed by atoms with Gasteiger partial charge in [0, 0.05) is 11.9 Å². The molecular formula is C5H13Cl2N3. The summed E-state index contributed by atoms with van der Waals surface area (Å²) in [6, 6.07) is 0. The highest BCUT2D eigenvalue weighted by Gasteiger charge is 2.40. The third kappa shape index (κ3) is 2.25. The van der Waals surface area contributed by atoms with Gasteiger partial charge < -0.3 is 17.2 Å². The van der Waals surface area contributed by atoms with Crippen LogP contribution in [0.25, 0.3) is 0 Å². The second kappa shape index (κ2) is 3.91. The molecular weight excluding hydrogens is 173 g/mol. The van der Waals surface area contributed by atoms with Crippen molar-refractivity contribution >= 4 is 24.8 Å². The maximum atomic E-state index is 5.63. The second-order valence-electron chi connectivity index (χ2n) is 2.28. The zero-order valence-electron chi connectivity index (χ0n) is 5.54. The molecule has 1 aliphatic rings. The lowest BCUT2D eigenvalue weighted by Crippen LogP contribution is -2.30. The quantitative estimate of drug-likeness (QED) is 0.542. The summed E-state index contributed by atoms with van der Waals surface area (Å²) in [5, 5.41) is 0. The average molecular weight is 186 g/mol. The van der Waals surface area contributed by atoms with Gasteiger partial charge in [0.05, 0.1) is 5.54 Å². The van der Waals surface area contributed by atoms with Crippen molar-refractivity contribution in [3.05, 3.63) is 11.9 Å². The maximum absolute atomic E-state index is 5.63. The van der Waals surface area contributed by atoms with Crippen LogP contribution in [0.4, 0.5) is 0 Å². The Bertz CT molecular complexity index is 131. The Hall–Kier alpha value is -0.120. The van der Waals surface area contributed by atoms with E-state index < -0.39 is 0 Å². The highest BCUT2D eigenvalue weighted by molar-refractivity contribution is 5.85. The molecule has 1 aliphatic carbocycles. The van der Waals surface area contributed by atoms with Crippen LogP contribution >= 0.6 is 24.8 Å². The van der Waals surface area contributed by atoms with Crippen LogP contribution in [0.3, 0.4) is 0 Å².